The molecule has 0 spiro atoms. The van der Waals surface area contributed by atoms with Gasteiger partial charge in [-0.2, -0.15) is 0 Å². The second-order valence-electron chi connectivity index (χ2n) is 22.2. The molecule has 17 heteroatoms. The second-order valence-corrected chi connectivity index (χ2v) is 22.6. The molecule has 6 fully saturated rings. The van der Waals surface area contributed by atoms with Gasteiger partial charge in [-0.05, 0) is 137 Å². The van der Waals surface area contributed by atoms with E-state index < -0.39 is 11.6 Å². The largest absolute Gasteiger partial charge is 0.356 e. The molecule has 4 aliphatic heterocycles. The number of H-pyrrole nitrogens is 1. The van der Waals surface area contributed by atoms with Gasteiger partial charge in [-0.15, -0.1) is 0 Å². The van der Waals surface area contributed by atoms with Gasteiger partial charge in [-0.25, -0.2) is 9.97 Å². The number of amides is 4. The monoisotopic (exact) mass is 1020 g/mol. The van der Waals surface area contributed by atoms with Gasteiger partial charge in [-0.1, -0.05) is 55.1 Å². The van der Waals surface area contributed by atoms with E-state index in [2.05, 4.69) is 51.7 Å². The van der Waals surface area contributed by atoms with Crippen LogP contribution in [-0.4, -0.2) is 161 Å². The molecular weight excluding hydrogens is 940 g/mol. The lowest BCUT2D eigenvalue weighted by atomic mass is 9.83. The van der Waals surface area contributed by atoms with Gasteiger partial charge in [0.15, 0.2) is 0 Å². The summed E-state index contributed by atoms with van der Waals surface area (Å²) in [5.41, 5.74) is 9.40. The number of likely N-dealkylation sites (tertiary alicyclic amines) is 2. The predicted molar refractivity (Wildman–Crippen MR) is 285 cm³/mol. The van der Waals surface area contributed by atoms with E-state index in [4.69, 9.17) is 17.3 Å². The minimum absolute atomic E-state index is 0.0581. The molecule has 6 N–H and O–H groups in total. The third kappa shape index (κ3) is 12.9. The Bertz CT molecular complexity index is 2510. The number of fused-ring (bicyclic) bond motifs is 1. The van der Waals surface area contributed by atoms with Crippen LogP contribution < -0.4 is 26.6 Å². The van der Waals surface area contributed by atoms with Gasteiger partial charge in [0.1, 0.15) is 23.8 Å². The van der Waals surface area contributed by atoms with Crippen molar-refractivity contribution in [1.82, 2.24) is 50.5 Å². The van der Waals surface area contributed by atoms with E-state index in [1.165, 1.54) is 6.42 Å². The van der Waals surface area contributed by atoms with E-state index in [1.54, 1.807) is 6.33 Å². The van der Waals surface area contributed by atoms with E-state index in [0.717, 1.165) is 144 Å². The van der Waals surface area contributed by atoms with Crippen LogP contribution in [0, 0.1) is 11.8 Å². The molecule has 2 saturated carbocycles. The molecule has 4 saturated heterocycles. The number of nitrogens with two attached hydrogens (primary N) is 1. The summed E-state index contributed by atoms with van der Waals surface area (Å²) < 4.78 is 0. The number of nitrogens with one attached hydrogen (secondary N) is 4. The normalized spacial score (nSPS) is 22.5. The summed E-state index contributed by atoms with van der Waals surface area (Å²) in [4.78, 5) is 78.9. The molecule has 6 heterocycles. The average molecular weight is 1020 g/mol. The first-order valence-electron chi connectivity index (χ1n) is 27.6. The van der Waals surface area contributed by atoms with E-state index in [0.29, 0.717) is 74.7 Å². The highest BCUT2D eigenvalue weighted by molar-refractivity contribution is 6.30. The molecule has 2 aromatic heterocycles. The number of rotatable bonds is 17. The fourth-order valence-electron chi connectivity index (χ4n) is 12.3. The molecule has 4 amide bonds. The van der Waals surface area contributed by atoms with Gasteiger partial charge in [0.25, 0.3) is 5.91 Å². The van der Waals surface area contributed by atoms with Crippen LogP contribution in [0.25, 0.3) is 11.0 Å². The third-order valence-corrected chi connectivity index (χ3v) is 17.4. The number of carbonyl (C=O) groups excluding carboxylic acids is 4. The highest BCUT2D eigenvalue weighted by Crippen LogP contribution is 2.33. The quantitative estimate of drug-likeness (QED) is 0.0855. The standard InChI is InChI=1S/C56H77ClN12O4/c57-45-13-11-40(12-14-45)48(63-55(73)56(58)21-28-67(29-22-56)52-47-17-23-59-51(47)61-38-62-52)20-27-65-25-18-39(19-26-65)36-66-30-32-68(33-31-66)54(72)50(41-6-2-1-3-7-41)64-53(71)43-9-4-8-42(34-43)44-10-5-24-69(37-44)49(70)35-60-46-15-16-46/h4,8-9,11-14,17,23,34,38-39,41,44,46,48,50,60H,1-3,5-7,10,15-16,18-22,24-33,35-37,58H2,(H,63,73)(H,64,71)(H,59,61,62)/t44?,48-,50+/m0/s1. The van der Waals surface area contributed by atoms with E-state index in [9.17, 15) is 19.2 Å². The molecule has 3 atom stereocenters. The molecule has 2 aliphatic carbocycles. The summed E-state index contributed by atoms with van der Waals surface area (Å²) in [6.07, 6.45) is 16.9. The number of piperidine rings is 3. The van der Waals surface area contributed by atoms with Crippen LogP contribution in [0.15, 0.2) is 67.1 Å². The van der Waals surface area contributed by atoms with Gasteiger partial charge in [-0.3, -0.25) is 24.1 Å². The van der Waals surface area contributed by atoms with Gasteiger partial charge >= 0.3 is 0 Å². The number of aromatic nitrogens is 3. The molecule has 0 radical (unpaired) electrons. The topological polar surface area (TPSA) is 188 Å². The number of halogens is 1. The lowest BCUT2D eigenvalue weighted by molar-refractivity contribution is -0.137. The van der Waals surface area contributed by atoms with Crippen LogP contribution in [0.4, 0.5) is 5.82 Å². The lowest BCUT2D eigenvalue weighted by Crippen LogP contribution is -2.60. The molecule has 73 heavy (non-hydrogen) atoms. The zero-order chi connectivity index (χ0) is 50.3. The minimum Gasteiger partial charge on any atom is -0.356 e. The first kappa shape index (κ1) is 51.4. The summed E-state index contributed by atoms with van der Waals surface area (Å²) in [5.74, 6) is 1.66. The summed E-state index contributed by atoms with van der Waals surface area (Å²) >= 11 is 6.31. The van der Waals surface area contributed by atoms with Crippen molar-refractivity contribution in [2.45, 2.75) is 119 Å². The number of anilines is 1. The Morgan fingerprint density at radius 1 is 0.781 bits per heavy atom. The Morgan fingerprint density at radius 2 is 1.55 bits per heavy atom. The van der Waals surface area contributed by atoms with Gasteiger partial charge in [0.2, 0.25) is 17.7 Å². The number of hydrogen-bond acceptors (Lipinski definition) is 11. The van der Waals surface area contributed by atoms with Gasteiger partial charge in [0, 0.05) is 94.2 Å². The highest BCUT2D eigenvalue weighted by Gasteiger charge is 2.40. The van der Waals surface area contributed by atoms with Crippen molar-refractivity contribution >= 4 is 52.1 Å². The van der Waals surface area contributed by atoms with E-state index >= 15 is 0 Å². The molecule has 10 rings (SSSR count). The van der Waals surface area contributed by atoms with Crippen molar-refractivity contribution in [2.75, 3.05) is 90.0 Å². The maximum atomic E-state index is 14.5. The number of carbonyl (C=O) groups is 4. The average Bonchev–Trinajstić information content (AvgIpc) is 4.14. The van der Waals surface area contributed by atoms with Gasteiger partial charge < -0.3 is 46.3 Å². The predicted octanol–water partition coefficient (Wildman–Crippen LogP) is 5.85. The van der Waals surface area contributed by atoms with Crippen molar-refractivity contribution in [3.8, 4) is 0 Å². The van der Waals surface area contributed by atoms with Gasteiger partial charge in [0.05, 0.1) is 23.5 Å². The maximum Gasteiger partial charge on any atom is 0.251 e. The van der Waals surface area contributed by atoms with E-state index in [1.807, 2.05) is 64.5 Å². The highest BCUT2D eigenvalue weighted by atomic mass is 35.5. The molecule has 392 valence electrons. The summed E-state index contributed by atoms with van der Waals surface area (Å²) in [5, 5.41) is 11.6. The van der Waals surface area contributed by atoms with E-state index in [-0.39, 0.29) is 41.5 Å². The number of aromatic amines is 1. The zero-order valence-electron chi connectivity index (χ0n) is 42.6. The molecule has 16 nitrogen and oxygen atoms in total. The number of benzene rings is 2. The third-order valence-electron chi connectivity index (χ3n) is 17.1. The Kier molecular flexibility index (Phi) is 16.6. The molecule has 0 bridgehead atoms. The fraction of sp³-hybridized carbons (Fsp3) is 0.607. The number of piperazine rings is 1. The molecule has 6 aliphatic rings. The van der Waals surface area contributed by atoms with Crippen molar-refractivity contribution in [3.05, 3.63) is 88.8 Å². The zero-order valence-corrected chi connectivity index (χ0v) is 43.4. The lowest BCUT2D eigenvalue weighted by Gasteiger charge is -2.41. The van der Waals surface area contributed by atoms with Crippen molar-refractivity contribution in [2.24, 2.45) is 17.6 Å². The first-order valence-corrected chi connectivity index (χ1v) is 28.0. The van der Waals surface area contributed by atoms with Crippen molar-refractivity contribution in [3.63, 3.8) is 0 Å². The molecule has 2 aromatic carbocycles. The summed E-state index contributed by atoms with van der Waals surface area (Å²) in [6.45, 7) is 9.96. The van der Waals surface area contributed by atoms with Crippen LogP contribution in [0.1, 0.15) is 123 Å². The summed E-state index contributed by atoms with van der Waals surface area (Å²) in [6, 6.07) is 17.4. The Labute approximate surface area is 435 Å². The Balaban J connectivity index is 0.683. The maximum absolute atomic E-state index is 14.5. The van der Waals surface area contributed by atoms with Crippen LogP contribution >= 0.6 is 11.6 Å². The number of nitrogens with zero attached hydrogens (tertiary/aromatic N) is 7. The first-order chi connectivity index (χ1) is 35.5. The number of hydrogen-bond donors (Lipinski definition) is 5. The van der Waals surface area contributed by atoms with Crippen LogP contribution in [0.5, 0.6) is 0 Å². The fourth-order valence-corrected chi connectivity index (χ4v) is 12.4. The van der Waals surface area contributed by atoms with Crippen molar-refractivity contribution in [1.29, 1.82) is 0 Å². The Hall–Kier alpha value is -5.13. The molecule has 1 unspecified atom stereocenters. The SMILES string of the molecule is NC1(C(=O)N[C@@H](CCN2CCC(CN3CCN(C(=O)[C@H](NC(=O)c4cccc(C5CCCN(C(=O)CNC6CC6)C5)c4)C4CCCCC4)CC3)CC2)c2ccc(Cl)cc2)CCN(c2ncnc3[nH]ccc23)CC1. The van der Waals surface area contributed by atoms with Crippen LogP contribution in [0.2, 0.25) is 5.02 Å². The van der Waals surface area contributed by atoms with Crippen molar-refractivity contribution < 1.29 is 19.2 Å². The molecular formula is C56H77ClN12O4. The second kappa shape index (κ2) is 23.6. The molecule has 4 aromatic rings. The minimum atomic E-state index is -0.988. The van der Waals surface area contributed by atoms with Crippen LogP contribution in [0.3, 0.4) is 0 Å². The smallest absolute Gasteiger partial charge is 0.251 e. The van der Waals surface area contributed by atoms with Crippen LogP contribution in [-0.2, 0) is 14.4 Å². The summed E-state index contributed by atoms with van der Waals surface area (Å²) in [7, 11) is 0. The Morgan fingerprint density at radius 3 is 2.30 bits per heavy atom.